The molecule has 0 spiro atoms. The Morgan fingerprint density at radius 3 is 2.77 bits per heavy atom. The zero-order chi connectivity index (χ0) is 16.1. The molecule has 0 aliphatic heterocycles. The molecule has 0 radical (unpaired) electrons. The van der Waals surface area contributed by atoms with E-state index < -0.39 is 0 Å². The Labute approximate surface area is 138 Å². The molecule has 0 saturated carbocycles. The number of rotatable bonds is 4. The van der Waals surface area contributed by atoms with Gasteiger partial charge >= 0.3 is 0 Å². The lowest BCUT2D eigenvalue weighted by Gasteiger charge is -2.22. The van der Waals surface area contributed by atoms with Crippen molar-refractivity contribution in [3.05, 3.63) is 58.1 Å². The first-order chi connectivity index (χ1) is 10.5. The summed E-state index contributed by atoms with van der Waals surface area (Å²) in [5.41, 5.74) is 2.06. The first-order valence-corrected chi connectivity index (χ1v) is 7.76. The molecule has 2 rings (SSSR count). The van der Waals surface area contributed by atoms with E-state index in [1.54, 1.807) is 13.1 Å². The minimum Gasteiger partial charge on any atom is -0.353 e. The molecule has 1 heterocycles. The second-order valence-corrected chi connectivity index (χ2v) is 5.97. The van der Waals surface area contributed by atoms with Crippen molar-refractivity contribution >= 4 is 21.9 Å². The SMILES string of the molecule is CN=C(NCc1ccc(Br)c(F)c1)N(C)Cc1cccn1C. The van der Waals surface area contributed by atoms with Gasteiger partial charge in [0.05, 0.1) is 11.0 Å². The van der Waals surface area contributed by atoms with Gasteiger partial charge in [-0.25, -0.2) is 4.39 Å². The highest BCUT2D eigenvalue weighted by atomic mass is 79.9. The van der Waals surface area contributed by atoms with Crippen LogP contribution in [0, 0.1) is 5.82 Å². The molecule has 0 fully saturated rings. The Bertz CT molecular complexity index is 666. The maximum absolute atomic E-state index is 13.5. The van der Waals surface area contributed by atoms with Crippen molar-refractivity contribution in [2.45, 2.75) is 13.1 Å². The zero-order valence-electron chi connectivity index (χ0n) is 13.0. The summed E-state index contributed by atoms with van der Waals surface area (Å²) < 4.78 is 16.1. The van der Waals surface area contributed by atoms with E-state index in [4.69, 9.17) is 0 Å². The monoisotopic (exact) mass is 366 g/mol. The number of halogens is 2. The number of benzene rings is 1. The molecule has 2 aromatic rings. The van der Waals surface area contributed by atoms with Gasteiger partial charge in [0.2, 0.25) is 0 Å². The van der Waals surface area contributed by atoms with Crippen molar-refractivity contribution in [2.24, 2.45) is 12.0 Å². The molecule has 1 N–H and O–H groups in total. The predicted molar refractivity (Wildman–Crippen MR) is 91.2 cm³/mol. The fourth-order valence-electron chi connectivity index (χ4n) is 2.19. The Morgan fingerprint density at radius 2 is 2.18 bits per heavy atom. The molecular formula is C16H20BrFN4. The Morgan fingerprint density at radius 1 is 1.41 bits per heavy atom. The molecule has 0 atom stereocenters. The van der Waals surface area contributed by atoms with Crippen LogP contribution in [-0.2, 0) is 20.1 Å². The molecule has 0 amide bonds. The molecule has 1 aromatic heterocycles. The molecule has 22 heavy (non-hydrogen) atoms. The van der Waals surface area contributed by atoms with Crippen molar-refractivity contribution in [3.8, 4) is 0 Å². The first kappa shape index (κ1) is 16.5. The van der Waals surface area contributed by atoms with Crippen LogP contribution in [-0.4, -0.2) is 29.5 Å². The highest BCUT2D eigenvalue weighted by Crippen LogP contribution is 2.16. The minimum absolute atomic E-state index is 0.258. The Balaban J connectivity index is 1.97. The number of hydrogen-bond acceptors (Lipinski definition) is 1. The number of guanidine groups is 1. The minimum atomic E-state index is -0.258. The molecule has 0 saturated heterocycles. The predicted octanol–water partition coefficient (Wildman–Crippen LogP) is 3.13. The average Bonchev–Trinajstić information content (AvgIpc) is 2.88. The Kier molecular flexibility index (Phi) is 5.60. The van der Waals surface area contributed by atoms with E-state index in [1.165, 1.54) is 11.8 Å². The smallest absolute Gasteiger partial charge is 0.194 e. The second kappa shape index (κ2) is 7.45. The van der Waals surface area contributed by atoms with Crippen molar-refractivity contribution in [1.29, 1.82) is 0 Å². The lowest BCUT2D eigenvalue weighted by molar-refractivity contribution is 0.461. The maximum Gasteiger partial charge on any atom is 0.194 e. The van der Waals surface area contributed by atoms with Crippen LogP contribution in [0.25, 0.3) is 0 Å². The molecule has 118 valence electrons. The van der Waals surface area contributed by atoms with Gasteiger partial charge in [0, 0.05) is 39.6 Å². The van der Waals surface area contributed by atoms with Gasteiger partial charge in [-0.2, -0.15) is 0 Å². The fraction of sp³-hybridized carbons (Fsp3) is 0.312. The molecular weight excluding hydrogens is 347 g/mol. The van der Waals surface area contributed by atoms with Crippen LogP contribution in [0.15, 0.2) is 46.0 Å². The largest absolute Gasteiger partial charge is 0.353 e. The van der Waals surface area contributed by atoms with E-state index >= 15 is 0 Å². The average molecular weight is 367 g/mol. The van der Waals surface area contributed by atoms with E-state index in [-0.39, 0.29) is 5.82 Å². The van der Waals surface area contributed by atoms with Crippen LogP contribution < -0.4 is 5.32 Å². The van der Waals surface area contributed by atoms with Crippen molar-refractivity contribution in [3.63, 3.8) is 0 Å². The quantitative estimate of drug-likeness (QED) is 0.665. The maximum atomic E-state index is 13.5. The summed E-state index contributed by atoms with van der Waals surface area (Å²) in [5, 5.41) is 3.25. The van der Waals surface area contributed by atoms with Gasteiger partial charge in [0.1, 0.15) is 5.82 Å². The summed E-state index contributed by atoms with van der Waals surface area (Å²) in [6.45, 7) is 1.27. The van der Waals surface area contributed by atoms with Crippen LogP contribution in [0.5, 0.6) is 0 Å². The number of nitrogens with one attached hydrogen (secondary N) is 1. The van der Waals surface area contributed by atoms with Gasteiger partial charge in [-0.3, -0.25) is 4.99 Å². The summed E-state index contributed by atoms with van der Waals surface area (Å²) >= 11 is 3.16. The van der Waals surface area contributed by atoms with E-state index in [9.17, 15) is 4.39 Å². The van der Waals surface area contributed by atoms with Crippen molar-refractivity contribution < 1.29 is 4.39 Å². The first-order valence-electron chi connectivity index (χ1n) is 6.97. The topological polar surface area (TPSA) is 32.6 Å². The molecule has 0 bridgehead atoms. The van der Waals surface area contributed by atoms with Crippen LogP contribution in [0.1, 0.15) is 11.3 Å². The molecule has 1 aromatic carbocycles. The standard InChI is InChI=1S/C16H20BrFN4/c1-19-16(22(3)11-13-5-4-8-21(13)2)20-10-12-6-7-14(17)15(18)9-12/h4-9H,10-11H2,1-3H3,(H,19,20). The molecule has 4 nitrogen and oxygen atoms in total. The summed E-state index contributed by atoms with van der Waals surface area (Å²) in [6, 6.07) is 9.20. The highest BCUT2D eigenvalue weighted by molar-refractivity contribution is 9.10. The molecule has 6 heteroatoms. The van der Waals surface area contributed by atoms with Crippen LogP contribution in [0.3, 0.4) is 0 Å². The summed E-state index contributed by atoms with van der Waals surface area (Å²) in [4.78, 5) is 6.30. The molecule has 0 aliphatic carbocycles. The van der Waals surface area contributed by atoms with Crippen LogP contribution >= 0.6 is 15.9 Å². The lowest BCUT2D eigenvalue weighted by Crippen LogP contribution is -2.38. The van der Waals surface area contributed by atoms with Gasteiger partial charge in [-0.1, -0.05) is 6.07 Å². The number of nitrogens with zero attached hydrogens (tertiary/aromatic N) is 3. The number of hydrogen-bond donors (Lipinski definition) is 1. The molecule has 0 unspecified atom stereocenters. The fourth-order valence-corrected chi connectivity index (χ4v) is 2.44. The normalized spacial score (nSPS) is 11.6. The van der Waals surface area contributed by atoms with Gasteiger partial charge in [-0.15, -0.1) is 0 Å². The van der Waals surface area contributed by atoms with E-state index in [0.29, 0.717) is 11.0 Å². The zero-order valence-corrected chi connectivity index (χ0v) is 14.6. The molecule has 0 aliphatic rings. The second-order valence-electron chi connectivity index (χ2n) is 5.12. The van der Waals surface area contributed by atoms with Gasteiger partial charge in [-0.05, 0) is 45.8 Å². The number of aryl methyl sites for hydroxylation is 1. The van der Waals surface area contributed by atoms with E-state index in [0.717, 1.165) is 18.1 Å². The lowest BCUT2D eigenvalue weighted by atomic mass is 10.2. The van der Waals surface area contributed by atoms with E-state index in [2.05, 4.69) is 36.9 Å². The van der Waals surface area contributed by atoms with Crippen LogP contribution in [0.4, 0.5) is 4.39 Å². The third-order valence-electron chi connectivity index (χ3n) is 3.46. The van der Waals surface area contributed by atoms with Gasteiger partial charge in [0.25, 0.3) is 0 Å². The summed E-state index contributed by atoms with van der Waals surface area (Å²) in [6.07, 6.45) is 2.02. The summed E-state index contributed by atoms with van der Waals surface area (Å²) in [5.74, 6) is 0.510. The highest BCUT2D eigenvalue weighted by Gasteiger charge is 2.09. The van der Waals surface area contributed by atoms with Crippen molar-refractivity contribution in [2.75, 3.05) is 14.1 Å². The number of aliphatic imine (C=N–C) groups is 1. The van der Waals surface area contributed by atoms with Gasteiger partial charge < -0.3 is 14.8 Å². The third kappa shape index (κ3) is 4.10. The van der Waals surface area contributed by atoms with Crippen LogP contribution in [0.2, 0.25) is 0 Å². The van der Waals surface area contributed by atoms with Crippen molar-refractivity contribution in [1.82, 2.24) is 14.8 Å². The van der Waals surface area contributed by atoms with Gasteiger partial charge in [0.15, 0.2) is 5.96 Å². The number of aromatic nitrogens is 1. The van der Waals surface area contributed by atoms with E-state index in [1.807, 2.05) is 37.3 Å². The summed E-state index contributed by atoms with van der Waals surface area (Å²) in [7, 11) is 5.74. The third-order valence-corrected chi connectivity index (χ3v) is 4.10. The Hall–Kier alpha value is -1.82.